The molecule has 4 rings (SSSR count). The highest BCUT2D eigenvalue weighted by molar-refractivity contribution is 7.16. The van der Waals surface area contributed by atoms with Crippen LogP contribution >= 0.6 is 11.3 Å². The maximum atomic E-state index is 11.6. The standard InChI is InChI=1S/C24H28N4O2S/c1-24(2,3)17-7-8-18-19(14-25)23(31-22(18)13-17)26-15-16-6-9-20(21(12-16)28(29)30)27-10-4-5-11-27/h6,9,12,15,17H,4-5,7-8,10-11,13H2,1-3H3/t17-/m1/s1. The van der Waals surface area contributed by atoms with Crippen molar-refractivity contribution in [2.45, 2.75) is 52.9 Å². The molecule has 31 heavy (non-hydrogen) atoms. The van der Waals surface area contributed by atoms with Crippen molar-refractivity contribution in [3.05, 3.63) is 49.9 Å². The van der Waals surface area contributed by atoms with Gasteiger partial charge in [0, 0.05) is 30.2 Å². The van der Waals surface area contributed by atoms with E-state index >= 15 is 0 Å². The van der Waals surface area contributed by atoms with Gasteiger partial charge in [-0.25, -0.2) is 4.99 Å². The second-order valence-electron chi connectivity index (χ2n) is 9.56. The van der Waals surface area contributed by atoms with E-state index in [1.165, 1.54) is 4.88 Å². The van der Waals surface area contributed by atoms with Crippen molar-refractivity contribution in [2.75, 3.05) is 18.0 Å². The monoisotopic (exact) mass is 436 g/mol. The molecule has 1 aliphatic heterocycles. The highest BCUT2D eigenvalue weighted by Crippen LogP contribution is 2.45. The van der Waals surface area contributed by atoms with Crippen molar-refractivity contribution in [3.63, 3.8) is 0 Å². The zero-order valence-corrected chi connectivity index (χ0v) is 19.2. The molecule has 1 aromatic heterocycles. The molecule has 2 heterocycles. The van der Waals surface area contributed by atoms with Gasteiger partial charge in [-0.3, -0.25) is 10.1 Å². The van der Waals surface area contributed by atoms with Crippen molar-refractivity contribution >= 4 is 33.9 Å². The average molecular weight is 437 g/mol. The quantitative estimate of drug-likeness (QED) is 0.333. The molecule has 0 spiro atoms. The topological polar surface area (TPSA) is 82.5 Å². The molecule has 1 fully saturated rings. The molecular formula is C24H28N4O2S. The third kappa shape index (κ3) is 4.35. The van der Waals surface area contributed by atoms with E-state index in [1.807, 2.05) is 12.1 Å². The van der Waals surface area contributed by atoms with Gasteiger partial charge in [-0.2, -0.15) is 5.26 Å². The fourth-order valence-corrected chi connectivity index (χ4v) is 5.86. The van der Waals surface area contributed by atoms with Crippen molar-refractivity contribution in [3.8, 4) is 6.07 Å². The van der Waals surface area contributed by atoms with Crippen LogP contribution in [0.15, 0.2) is 23.2 Å². The van der Waals surface area contributed by atoms with Crippen LogP contribution in [0.2, 0.25) is 0 Å². The number of rotatable bonds is 4. The Morgan fingerprint density at radius 2 is 2.06 bits per heavy atom. The number of aliphatic imine (C=N–C) groups is 1. The van der Waals surface area contributed by atoms with E-state index in [1.54, 1.807) is 23.6 Å². The first-order valence-electron chi connectivity index (χ1n) is 10.9. The van der Waals surface area contributed by atoms with Gasteiger partial charge in [-0.05, 0) is 60.6 Å². The number of hydrogen-bond donors (Lipinski definition) is 0. The number of benzene rings is 1. The normalized spacial score (nSPS) is 18.9. The molecule has 0 bridgehead atoms. The Labute approximate surface area is 187 Å². The van der Waals surface area contributed by atoms with E-state index < -0.39 is 0 Å². The summed E-state index contributed by atoms with van der Waals surface area (Å²) in [4.78, 5) is 19.3. The number of thiophene rings is 1. The largest absolute Gasteiger partial charge is 0.366 e. The van der Waals surface area contributed by atoms with Crippen LogP contribution in [0.25, 0.3) is 0 Å². The molecular weight excluding hydrogens is 408 g/mol. The summed E-state index contributed by atoms with van der Waals surface area (Å²) in [5, 5.41) is 22.1. The Morgan fingerprint density at radius 1 is 1.32 bits per heavy atom. The van der Waals surface area contributed by atoms with E-state index in [0.29, 0.717) is 27.7 Å². The van der Waals surface area contributed by atoms with Crippen LogP contribution in [0, 0.1) is 32.8 Å². The summed E-state index contributed by atoms with van der Waals surface area (Å²) in [6.07, 6.45) is 6.79. The minimum Gasteiger partial charge on any atom is -0.366 e. The van der Waals surface area contributed by atoms with Gasteiger partial charge in [-0.1, -0.05) is 26.8 Å². The van der Waals surface area contributed by atoms with E-state index in [-0.39, 0.29) is 16.0 Å². The number of fused-ring (bicyclic) bond motifs is 1. The molecule has 1 aromatic carbocycles. The minimum absolute atomic E-state index is 0.116. The van der Waals surface area contributed by atoms with Crippen LogP contribution in [0.3, 0.4) is 0 Å². The van der Waals surface area contributed by atoms with Gasteiger partial charge in [0.2, 0.25) is 0 Å². The average Bonchev–Trinajstić information content (AvgIpc) is 3.38. The molecule has 1 saturated heterocycles. The lowest BCUT2D eigenvalue weighted by atomic mass is 9.72. The number of nitro groups is 1. The Hall–Kier alpha value is -2.72. The van der Waals surface area contributed by atoms with E-state index in [2.05, 4.69) is 36.7 Å². The summed E-state index contributed by atoms with van der Waals surface area (Å²) in [6.45, 7) is 8.55. The first kappa shape index (κ1) is 21.5. The van der Waals surface area contributed by atoms with Crippen molar-refractivity contribution in [1.29, 1.82) is 5.26 Å². The lowest BCUT2D eigenvalue weighted by molar-refractivity contribution is -0.384. The predicted molar refractivity (Wildman–Crippen MR) is 126 cm³/mol. The number of hydrogen-bond acceptors (Lipinski definition) is 6. The van der Waals surface area contributed by atoms with Crippen LogP contribution in [-0.4, -0.2) is 24.2 Å². The van der Waals surface area contributed by atoms with Gasteiger partial charge in [0.05, 0.1) is 10.5 Å². The van der Waals surface area contributed by atoms with Crippen LogP contribution < -0.4 is 4.90 Å². The highest BCUT2D eigenvalue weighted by atomic mass is 32.1. The number of nitrogens with zero attached hydrogens (tertiary/aromatic N) is 4. The smallest absolute Gasteiger partial charge is 0.293 e. The zero-order chi connectivity index (χ0) is 22.2. The lowest BCUT2D eigenvalue weighted by Crippen LogP contribution is -2.26. The highest BCUT2D eigenvalue weighted by Gasteiger charge is 2.32. The summed E-state index contributed by atoms with van der Waals surface area (Å²) in [5.41, 5.74) is 3.54. The zero-order valence-electron chi connectivity index (χ0n) is 18.4. The van der Waals surface area contributed by atoms with E-state index in [9.17, 15) is 15.4 Å². The molecule has 0 amide bonds. The number of nitriles is 1. The van der Waals surface area contributed by atoms with Crippen molar-refractivity contribution in [2.24, 2.45) is 16.3 Å². The molecule has 0 unspecified atom stereocenters. The van der Waals surface area contributed by atoms with E-state index in [0.717, 1.165) is 50.8 Å². The third-order valence-corrected chi connectivity index (χ3v) is 7.72. The van der Waals surface area contributed by atoms with Gasteiger partial charge in [0.1, 0.15) is 16.8 Å². The second-order valence-corrected chi connectivity index (χ2v) is 10.6. The van der Waals surface area contributed by atoms with Crippen molar-refractivity contribution in [1.82, 2.24) is 0 Å². The minimum atomic E-state index is -0.317. The van der Waals surface area contributed by atoms with Crippen LogP contribution in [0.1, 0.15) is 61.6 Å². The molecule has 7 heteroatoms. The fraction of sp³-hybridized carbons (Fsp3) is 0.500. The molecule has 6 nitrogen and oxygen atoms in total. The lowest BCUT2D eigenvalue weighted by Gasteiger charge is -2.33. The Bertz CT molecular complexity index is 1070. The molecule has 1 aliphatic carbocycles. The molecule has 0 N–H and O–H groups in total. The summed E-state index contributed by atoms with van der Waals surface area (Å²) >= 11 is 1.60. The van der Waals surface area contributed by atoms with E-state index in [4.69, 9.17) is 0 Å². The van der Waals surface area contributed by atoms with Gasteiger partial charge in [-0.15, -0.1) is 11.3 Å². The number of anilines is 1. The van der Waals surface area contributed by atoms with Crippen molar-refractivity contribution < 1.29 is 4.92 Å². The molecule has 2 aromatic rings. The Kier molecular flexibility index (Phi) is 5.85. The number of nitro benzene ring substituents is 1. The van der Waals surface area contributed by atoms with Gasteiger partial charge < -0.3 is 4.90 Å². The summed E-state index contributed by atoms with van der Waals surface area (Å²) in [7, 11) is 0. The SMILES string of the molecule is CC(C)(C)[C@@H]1CCc2c(sc(N=Cc3ccc(N4CCCC4)c([N+](=O)[O-])c3)c2C#N)C1. The molecule has 2 aliphatic rings. The predicted octanol–water partition coefficient (Wildman–Crippen LogP) is 6.03. The second kappa shape index (κ2) is 8.43. The summed E-state index contributed by atoms with van der Waals surface area (Å²) in [5.74, 6) is 0.600. The maximum absolute atomic E-state index is 11.6. The molecule has 1 atom stereocenters. The molecule has 0 saturated carbocycles. The Balaban J connectivity index is 1.62. The summed E-state index contributed by atoms with van der Waals surface area (Å²) in [6, 6.07) is 7.64. The van der Waals surface area contributed by atoms with Gasteiger partial charge >= 0.3 is 0 Å². The first-order chi connectivity index (χ1) is 14.8. The Morgan fingerprint density at radius 3 is 2.71 bits per heavy atom. The molecule has 162 valence electrons. The first-order valence-corrected chi connectivity index (χ1v) is 11.7. The van der Waals surface area contributed by atoms with Crippen LogP contribution in [0.4, 0.5) is 16.4 Å². The fourth-order valence-electron chi connectivity index (χ4n) is 4.64. The van der Waals surface area contributed by atoms with Gasteiger partial charge in [0.25, 0.3) is 5.69 Å². The van der Waals surface area contributed by atoms with Crippen LogP contribution in [-0.2, 0) is 12.8 Å². The third-order valence-electron chi connectivity index (χ3n) is 6.56. The molecule has 0 radical (unpaired) electrons. The maximum Gasteiger partial charge on any atom is 0.293 e. The van der Waals surface area contributed by atoms with Gasteiger partial charge in [0.15, 0.2) is 0 Å². The van der Waals surface area contributed by atoms with Crippen LogP contribution in [0.5, 0.6) is 0 Å². The summed E-state index contributed by atoms with van der Waals surface area (Å²) < 4.78 is 0.